The first kappa shape index (κ1) is 9.06. The first-order valence-electron chi connectivity index (χ1n) is 4.74. The number of aryl methyl sites for hydroxylation is 1. The van der Waals surface area contributed by atoms with Crippen molar-refractivity contribution in [3.8, 4) is 5.75 Å². The van der Waals surface area contributed by atoms with Gasteiger partial charge in [-0.25, -0.2) is 0 Å². The molecular formula is C11H13NO2. The van der Waals surface area contributed by atoms with E-state index in [1.54, 1.807) is 6.07 Å². The zero-order valence-corrected chi connectivity index (χ0v) is 8.12. The second-order valence-electron chi connectivity index (χ2n) is 3.68. The molecule has 3 nitrogen and oxygen atoms in total. The van der Waals surface area contributed by atoms with Gasteiger partial charge < -0.3 is 10.5 Å². The minimum atomic E-state index is -0.427. The van der Waals surface area contributed by atoms with E-state index in [4.69, 9.17) is 10.5 Å². The third-order valence-corrected chi connectivity index (χ3v) is 2.22. The molecule has 0 spiro atoms. The first-order valence-corrected chi connectivity index (χ1v) is 4.74. The van der Waals surface area contributed by atoms with Crippen molar-refractivity contribution in [3.63, 3.8) is 0 Å². The van der Waals surface area contributed by atoms with Gasteiger partial charge in [-0.1, -0.05) is 11.6 Å². The quantitative estimate of drug-likeness (QED) is 0.789. The molecule has 1 aromatic carbocycles. The van der Waals surface area contributed by atoms with Crippen LogP contribution in [0.4, 0.5) is 0 Å². The van der Waals surface area contributed by atoms with Crippen LogP contribution in [0.25, 0.3) is 0 Å². The van der Waals surface area contributed by atoms with E-state index in [1.807, 2.05) is 19.1 Å². The second kappa shape index (κ2) is 3.33. The molecule has 2 N–H and O–H groups in total. The number of hydrogen-bond acceptors (Lipinski definition) is 2. The predicted octanol–water partition coefficient (Wildman–Crippen LogP) is 1.64. The lowest BCUT2D eigenvalue weighted by Gasteiger charge is -2.08. The third kappa shape index (κ3) is 1.87. The predicted molar refractivity (Wildman–Crippen MR) is 53.3 cm³/mol. The van der Waals surface area contributed by atoms with E-state index >= 15 is 0 Å². The monoisotopic (exact) mass is 191 g/mol. The molecule has 1 amide bonds. The summed E-state index contributed by atoms with van der Waals surface area (Å²) in [4.78, 5) is 11.1. The van der Waals surface area contributed by atoms with Crippen molar-refractivity contribution in [2.24, 2.45) is 5.73 Å². The van der Waals surface area contributed by atoms with E-state index in [9.17, 15) is 4.79 Å². The van der Waals surface area contributed by atoms with E-state index < -0.39 is 5.91 Å². The molecule has 74 valence electrons. The van der Waals surface area contributed by atoms with E-state index in [2.05, 4.69) is 0 Å². The van der Waals surface area contributed by atoms with Crippen LogP contribution in [-0.2, 0) is 0 Å². The molecule has 1 saturated carbocycles. The van der Waals surface area contributed by atoms with E-state index in [1.165, 1.54) is 0 Å². The van der Waals surface area contributed by atoms with Crippen molar-refractivity contribution in [1.82, 2.24) is 0 Å². The summed E-state index contributed by atoms with van der Waals surface area (Å²) >= 11 is 0. The summed E-state index contributed by atoms with van der Waals surface area (Å²) in [5, 5.41) is 0. The van der Waals surface area contributed by atoms with Gasteiger partial charge in [0.1, 0.15) is 5.75 Å². The van der Waals surface area contributed by atoms with Crippen LogP contribution >= 0.6 is 0 Å². The Kier molecular flexibility index (Phi) is 2.15. The Balaban J connectivity index is 2.31. The Morgan fingerprint density at radius 3 is 2.79 bits per heavy atom. The SMILES string of the molecule is Cc1ccc(OC2CC2)c(C(N)=O)c1. The highest BCUT2D eigenvalue weighted by atomic mass is 16.5. The highest BCUT2D eigenvalue weighted by Gasteiger charge is 2.25. The van der Waals surface area contributed by atoms with E-state index in [0.717, 1.165) is 18.4 Å². The Morgan fingerprint density at radius 1 is 1.50 bits per heavy atom. The van der Waals surface area contributed by atoms with Crippen LogP contribution in [0.1, 0.15) is 28.8 Å². The van der Waals surface area contributed by atoms with Crippen molar-refractivity contribution >= 4 is 5.91 Å². The lowest BCUT2D eigenvalue weighted by Crippen LogP contribution is -2.13. The van der Waals surface area contributed by atoms with Gasteiger partial charge in [0.25, 0.3) is 5.91 Å². The number of carbonyl (C=O) groups is 1. The largest absolute Gasteiger partial charge is 0.490 e. The van der Waals surface area contributed by atoms with Crippen LogP contribution < -0.4 is 10.5 Å². The van der Waals surface area contributed by atoms with Crippen LogP contribution in [0.5, 0.6) is 5.75 Å². The Labute approximate surface area is 82.9 Å². The van der Waals surface area contributed by atoms with Gasteiger partial charge in [-0.15, -0.1) is 0 Å². The zero-order chi connectivity index (χ0) is 10.1. The van der Waals surface area contributed by atoms with Crippen molar-refractivity contribution < 1.29 is 9.53 Å². The van der Waals surface area contributed by atoms with Gasteiger partial charge in [0.05, 0.1) is 11.7 Å². The summed E-state index contributed by atoms with van der Waals surface area (Å²) in [5.74, 6) is 0.190. The average Bonchev–Trinajstić information content (AvgIpc) is 2.91. The molecule has 0 saturated heterocycles. The van der Waals surface area contributed by atoms with Crippen LogP contribution in [0.2, 0.25) is 0 Å². The van der Waals surface area contributed by atoms with Gasteiger partial charge in [0.2, 0.25) is 0 Å². The van der Waals surface area contributed by atoms with Gasteiger partial charge in [-0.05, 0) is 31.9 Å². The molecule has 3 heteroatoms. The molecule has 0 aliphatic heterocycles. The number of hydrogen-bond donors (Lipinski definition) is 1. The molecule has 1 aliphatic carbocycles. The summed E-state index contributed by atoms with van der Waals surface area (Å²) in [6, 6.07) is 5.50. The van der Waals surface area contributed by atoms with Crippen LogP contribution in [0.15, 0.2) is 18.2 Å². The van der Waals surface area contributed by atoms with Crippen molar-refractivity contribution in [2.45, 2.75) is 25.9 Å². The number of primary amides is 1. The molecule has 1 fully saturated rings. The molecule has 0 atom stereocenters. The smallest absolute Gasteiger partial charge is 0.252 e. The van der Waals surface area contributed by atoms with Gasteiger partial charge >= 0.3 is 0 Å². The lowest BCUT2D eigenvalue weighted by atomic mass is 10.1. The summed E-state index contributed by atoms with van der Waals surface area (Å²) < 4.78 is 5.57. The molecule has 1 aromatic rings. The molecule has 1 aliphatic rings. The van der Waals surface area contributed by atoms with Crippen LogP contribution in [0, 0.1) is 6.92 Å². The summed E-state index contributed by atoms with van der Waals surface area (Å²) in [6.45, 7) is 1.92. The summed E-state index contributed by atoms with van der Waals surface area (Å²) in [6.07, 6.45) is 2.44. The standard InChI is InChI=1S/C11H13NO2/c1-7-2-5-10(14-8-3-4-8)9(6-7)11(12)13/h2,5-6,8H,3-4H2,1H3,(H2,12,13). The fourth-order valence-electron chi connectivity index (χ4n) is 1.30. The molecule has 0 bridgehead atoms. The number of benzene rings is 1. The number of amides is 1. The number of ether oxygens (including phenoxy) is 1. The number of rotatable bonds is 3. The van der Waals surface area contributed by atoms with Gasteiger partial charge in [0, 0.05) is 0 Å². The minimum Gasteiger partial charge on any atom is -0.490 e. The second-order valence-corrected chi connectivity index (χ2v) is 3.68. The molecule has 0 aromatic heterocycles. The maximum atomic E-state index is 11.1. The molecule has 0 unspecified atom stereocenters. The van der Waals surface area contributed by atoms with Gasteiger partial charge in [-0.2, -0.15) is 0 Å². The molecule has 2 rings (SSSR count). The average molecular weight is 191 g/mol. The highest BCUT2D eigenvalue weighted by Crippen LogP contribution is 2.29. The van der Waals surface area contributed by atoms with E-state index in [-0.39, 0.29) is 6.10 Å². The van der Waals surface area contributed by atoms with Crippen molar-refractivity contribution in [1.29, 1.82) is 0 Å². The van der Waals surface area contributed by atoms with Gasteiger partial charge in [-0.3, -0.25) is 4.79 Å². The van der Waals surface area contributed by atoms with E-state index in [0.29, 0.717) is 11.3 Å². The Morgan fingerprint density at radius 2 is 2.21 bits per heavy atom. The zero-order valence-electron chi connectivity index (χ0n) is 8.12. The lowest BCUT2D eigenvalue weighted by molar-refractivity contribution is 0.0996. The first-order chi connectivity index (χ1) is 6.66. The fraction of sp³-hybridized carbons (Fsp3) is 0.364. The summed E-state index contributed by atoms with van der Waals surface area (Å²) in [5.41, 5.74) is 6.76. The third-order valence-electron chi connectivity index (χ3n) is 2.22. The normalized spacial score (nSPS) is 15.2. The molecule has 0 radical (unpaired) electrons. The fourth-order valence-corrected chi connectivity index (χ4v) is 1.30. The van der Waals surface area contributed by atoms with Gasteiger partial charge in [0.15, 0.2) is 0 Å². The highest BCUT2D eigenvalue weighted by molar-refractivity contribution is 5.95. The topological polar surface area (TPSA) is 52.3 Å². The van der Waals surface area contributed by atoms with Crippen LogP contribution in [0.3, 0.4) is 0 Å². The Bertz CT molecular complexity index is 370. The van der Waals surface area contributed by atoms with Crippen molar-refractivity contribution in [3.05, 3.63) is 29.3 Å². The van der Waals surface area contributed by atoms with Crippen LogP contribution in [-0.4, -0.2) is 12.0 Å². The Hall–Kier alpha value is -1.51. The van der Waals surface area contributed by atoms with Crippen molar-refractivity contribution in [2.75, 3.05) is 0 Å². The summed E-state index contributed by atoms with van der Waals surface area (Å²) in [7, 11) is 0. The number of nitrogens with two attached hydrogens (primary N) is 1. The molecule has 0 heterocycles. The maximum Gasteiger partial charge on any atom is 0.252 e. The molecular weight excluding hydrogens is 178 g/mol. The minimum absolute atomic E-state index is 0.288. The number of carbonyl (C=O) groups excluding carboxylic acids is 1. The maximum absolute atomic E-state index is 11.1. The molecule has 14 heavy (non-hydrogen) atoms.